The van der Waals surface area contributed by atoms with E-state index in [0.717, 1.165) is 48.9 Å². The van der Waals surface area contributed by atoms with Crippen LogP contribution in [0.25, 0.3) is 10.9 Å². The van der Waals surface area contributed by atoms with Crippen molar-refractivity contribution in [2.24, 2.45) is 11.7 Å². The number of aromatic amines is 1. The Hall–Kier alpha value is -2.46. The minimum Gasteiger partial charge on any atom is -0.370 e. The molecule has 0 bridgehead atoms. The van der Waals surface area contributed by atoms with Crippen molar-refractivity contribution < 1.29 is 4.79 Å². The second kappa shape index (κ2) is 7.04. The molecule has 3 N–H and O–H groups in total. The number of carbonyl (C=O) groups is 1. The number of carbonyl (C=O) groups excluding carboxylic acids is 1. The third-order valence-corrected chi connectivity index (χ3v) is 5.58. The van der Waals surface area contributed by atoms with Crippen LogP contribution in [0, 0.1) is 5.92 Å². The molecule has 0 aliphatic carbocycles. The summed E-state index contributed by atoms with van der Waals surface area (Å²) in [6.07, 6.45) is 3.45. The highest BCUT2D eigenvalue weighted by Crippen LogP contribution is 2.34. The number of nitrogens with one attached hydrogen (secondary N) is 1. The molecular weight excluding hydrogens is 346 g/mol. The molecule has 2 heterocycles. The zero-order chi connectivity index (χ0) is 18.1. The van der Waals surface area contributed by atoms with E-state index in [1.165, 1.54) is 5.56 Å². The van der Waals surface area contributed by atoms with Crippen LogP contribution in [0.4, 0.5) is 5.69 Å². The predicted octanol–water partition coefficient (Wildman–Crippen LogP) is 4.38. The van der Waals surface area contributed by atoms with Crippen LogP contribution in [-0.2, 0) is 6.42 Å². The Labute approximate surface area is 157 Å². The summed E-state index contributed by atoms with van der Waals surface area (Å²) in [6, 6.07) is 16.4. The first-order valence-corrected chi connectivity index (χ1v) is 9.39. The normalized spacial score (nSPS) is 15.5. The molecule has 134 valence electrons. The summed E-state index contributed by atoms with van der Waals surface area (Å²) in [6.45, 7) is 1.99. The molecule has 1 amide bonds. The minimum atomic E-state index is -0.458. The van der Waals surface area contributed by atoms with Gasteiger partial charge >= 0.3 is 0 Å². The number of hydrogen-bond acceptors (Lipinski definition) is 2. The molecule has 5 heteroatoms. The van der Waals surface area contributed by atoms with Gasteiger partial charge in [0.1, 0.15) is 5.69 Å². The zero-order valence-corrected chi connectivity index (χ0v) is 15.3. The molecule has 0 radical (unpaired) electrons. The molecule has 3 aromatic rings. The Bertz CT molecular complexity index is 927. The van der Waals surface area contributed by atoms with Gasteiger partial charge in [0.25, 0.3) is 5.91 Å². The van der Waals surface area contributed by atoms with Crippen LogP contribution >= 0.6 is 11.6 Å². The van der Waals surface area contributed by atoms with Crippen LogP contribution in [0.5, 0.6) is 0 Å². The fourth-order valence-corrected chi connectivity index (χ4v) is 4.13. The fraction of sp³-hybridized carbons (Fsp3) is 0.286. The summed E-state index contributed by atoms with van der Waals surface area (Å²) < 4.78 is 0. The van der Waals surface area contributed by atoms with Crippen LogP contribution in [0.2, 0.25) is 5.02 Å². The highest BCUT2D eigenvalue weighted by molar-refractivity contribution is 6.34. The van der Waals surface area contributed by atoms with E-state index in [0.29, 0.717) is 16.6 Å². The molecule has 0 atom stereocenters. The van der Waals surface area contributed by atoms with E-state index in [9.17, 15) is 4.79 Å². The van der Waals surface area contributed by atoms with Crippen molar-refractivity contribution in [2.75, 3.05) is 18.0 Å². The minimum absolute atomic E-state index is 0.412. The van der Waals surface area contributed by atoms with E-state index >= 15 is 0 Å². The number of primary amides is 1. The first kappa shape index (κ1) is 17.0. The van der Waals surface area contributed by atoms with Crippen LogP contribution in [-0.4, -0.2) is 24.0 Å². The van der Waals surface area contributed by atoms with Gasteiger partial charge in [0.15, 0.2) is 0 Å². The third kappa shape index (κ3) is 3.42. The molecule has 2 aromatic carbocycles. The number of nitrogens with two attached hydrogens (primary N) is 1. The van der Waals surface area contributed by atoms with Gasteiger partial charge in [-0.05, 0) is 48.9 Å². The second-order valence-electron chi connectivity index (χ2n) is 7.06. The van der Waals surface area contributed by atoms with E-state index in [1.807, 2.05) is 6.07 Å². The van der Waals surface area contributed by atoms with Crippen molar-refractivity contribution in [2.45, 2.75) is 19.3 Å². The average Bonchev–Trinajstić information content (AvgIpc) is 3.06. The monoisotopic (exact) mass is 367 g/mol. The van der Waals surface area contributed by atoms with E-state index in [4.69, 9.17) is 17.3 Å². The highest BCUT2D eigenvalue weighted by atomic mass is 35.5. The third-order valence-electron chi connectivity index (χ3n) is 5.28. The molecule has 0 saturated carbocycles. The molecular formula is C21H22ClN3O. The first-order chi connectivity index (χ1) is 12.6. The zero-order valence-electron chi connectivity index (χ0n) is 14.5. The topological polar surface area (TPSA) is 62.1 Å². The predicted molar refractivity (Wildman–Crippen MR) is 107 cm³/mol. The van der Waals surface area contributed by atoms with Gasteiger partial charge < -0.3 is 15.6 Å². The van der Waals surface area contributed by atoms with Crippen LogP contribution in [0.1, 0.15) is 28.9 Å². The smallest absolute Gasteiger partial charge is 0.265 e. The van der Waals surface area contributed by atoms with Gasteiger partial charge in [-0.1, -0.05) is 41.9 Å². The van der Waals surface area contributed by atoms with E-state index in [-0.39, 0.29) is 0 Å². The van der Waals surface area contributed by atoms with Gasteiger partial charge in [-0.15, -0.1) is 0 Å². The largest absolute Gasteiger partial charge is 0.370 e. The standard InChI is InChI=1S/C21H22ClN3O/c22-17-13-18-16(11-19(24-18)21(23)26)12-20(17)25-8-6-15(7-9-25)10-14-4-2-1-3-5-14/h1-5,11-13,15,24H,6-10H2,(H2,23,26). The van der Waals surface area contributed by atoms with Gasteiger partial charge in [0, 0.05) is 24.0 Å². The Morgan fingerprint density at radius 2 is 1.88 bits per heavy atom. The number of nitrogens with zero attached hydrogens (tertiary/aromatic N) is 1. The Morgan fingerprint density at radius 1 is 1.15 bits per heavy atom. The second-order valence-corrected chi connectivity index (χ2v) is 7.47. The maximum atomic E-state index is 11.4. The van der Waals surface area contributed by atoms with Crippen molar-refractivity contribution in [3.05, 3.63) is 64.8 Å². The summed E-state index contributed by atoms with van der Waals surface area (Å²) in [5.41, 5.74) is 9.06. The molecule has 4 rings (SSSR count). The van der Waals surface area contributed by atoms with Gasteiger partial charge in [-0.3, -0.25) is 4.79 Å². The number of hydrogen-bond donors (Lipinski definition) is 2. The van der Waals surface area contributed by atoms with Crippen LogP contribution in [0.3, 0.4) is 0 Å². The maximum Gasteiger partial charge on any atom is 0.265 e. The SMILES string of the molecule is NC(=O)c1cc2cc(N3CCC(Cc4ccccc4)CC3)c(Cl)cc2[nH]1. The van der Waals surface area contributed by atoms with Crippen molar-refractivity contribution >= 4 is 34.1 Å². The lowest BCUT2D eigenvalue weighted by Gasteiger charge is -2.34. The lowest BCUT2D eigenvalue weighted by Crippen LogP contribution is -2.34. The quantitative estimate of drug-likeness (QED) is 0.718. The number of fused-ring (bicyclic) bond motifs is 1. The first-order valence-electron chi connectivity index (χ1n) is 9.01. The Kier molecular flexibility index (Phi) is 4.60. The number of anilines is 1. The molecule has 1 aliphatic heterocycles. The highest BCUT2D eigenvalue weighted by Gasteiger charge is 2.22. The fourth-order valence-electron chi connectivity index (χ4n) is 3.84. The van der Waals surface area contributed by atoms with E-state index in [1.54, 1.807) is 6.07 Å². The average molecular weight is 368 g/mol. The van der Waals surface area contributed by atoms with Gasteiger partial charge in [0.2, 0.25) is 0 Å². The van der Waals surface area contributed by atoms with Gasteiger partial charge in [-0.2, -0.15) is 0 Å². The Morgan fingerprint density at radius 3 is 2.58 bits per heavy atom. The summed E-state index contributed by atoms with van der Waals surface area (Å²) in [4.78, 5) is 16.7. The van der Waals surface area contributed by atoms with Crippen molar-refractivity contribution in [1.29, 1.82) is 0 Å². The van der Waals surface area contributed by atoms with Gasteiger partial charge in [-0.25, -0.2) is 0 Å². The Balaban J connectivity index is 1.48. The molecule has 4 nitrogen and oxygen atoms in total. The van der Waals surface area contributed by atoms with Crippen LogP contribution in [0.15, 0.2) is 48.5 Å². The van der Waals surface area contributed by atoms with Crippen molar-refractivity contribution in [3.8, 4) is 0 Å². The summed E-state index contributed by atoms with van der Waals surface area (Å²) >= 11 is 6.51. The number of piperidine rings is 1. The summed E-state index contributed by atoms with van der Waals surface area (Å²) in [5.74, 6) is 0.255. The number of halogens is 1. The lowest BCUT2D eigenvalue weighted by molar-refractivity contribution is 0.0996. The summed E-state index contributed by atoms with van der Waals surface area (Å²) in [7, 11) is 0. The maximum absolute atomic E-state index is 11.4. The summed E-state index contributed by atoms with van der Waals surface area (Å²) in [5, 5.41) is 1.67. The molecule has 1 fully saturated rings. The number of aromatic nitrogens is 1. The molecule has 1 aliphatic rings. The van der Waals surface area contributed by atoms with E-state index in [2.05, 4.69) is 46.3 Å². The number of benzene rings is 2. The van der Waals surface area contributed by atoms with Crippen LogP contribution < -0.4 is 10.6 Å². The molecule has 0 spiro atoms. The molecule has 0 unspecified atom stereocenters. The lowest BCUT2D eigenvalue weighted by atomic mass is 9.90. The van der Waals surface area contributed by atoms with Gasteiger partial charge in [0.05, 0.1) is 10.7 Å². The number of H-pyrrole nitrogens is 1. The molecule has 26 heavy (non-hydrogen) atoms. The van der Waals surface area contributed by atoms with Crippen molar-refractivity contribution in [1.82, 2.24) is 4.98 Å². The van der Waals surface area contributed by atoms with Crippen molar-refractivity contribution in [3.63, 3.8) is 0 Å². The van der Waals surface area contributed by atoms with E-state index < -0.39 is 5.91 Å². The molecule has 1 aromatic heterocycles. The molecule has 1 saturated heterocycles. The number of rotatable bonds is 4. The number of amides is 1.